The summed E-state index contributed by atoms with van der Waals surface area (Å²) in [6.07, 6.45) is -4.42. The van der Waals surface area contributed by atoms with E-state index in [9.17, 15) is 22.4 Å². The molecule has 0 aliphatic carbocycles. The first kappa shape index (κ1) is 15.6. The van der Waals surface area contributed by atoms with Gasteiger partial charge in [0, 0.05) is 10.5 Å². The second kappa shape index (κ2) is 6.30. The number of ketones is 1. The van der Waals surface area contributed by atoms with E-state index in [4.69, 9.17) is 0 Å². The molecule has 0 saturated heterocycles. The zero-order chi connectivity index (χ0) is 15.5. The Balaban J connectivity index is 2.00. The minimum Gasteiger partial charge on any atom is -0.293 e. The smallest absolute Gasteiger partial charge is 0.293 e. The highest BCUT2D eigenvalue weighted by molar-refractivity contribution is 8.00. The predicted molar refractivity (Wildman–Crippen MR) is 72.9 cm³/mol. The van der Waals surface area contributed by atoms with Crippen LogP contribution in [0.2, 0.25) is 0 Å². The highest BCUT2D eigenvalue weighted by Crippen LogP contribution is 2.29. The van der Waals surface area contributed by atoms with Crippen molar-refractivity contribution in [1.82, 2.24) is 0 Å². The molecule has 0 heterocycles. The fraction of sp³-hybridized carbons (Fsp3) is 0.133. The number of hydrogen-bond acceptors (Lipinski definition) is 2. The van der Waals surface area contributed by atoms with Crippen LogP contribution in [-0.4, -0.2) is 11.5 Å². The number of carbonyl (C=O) groups excluding carboxylic acids is 1. The average molecular weight is 314 g/mol. The molecule has 110 valence electrons. The van der Waals surface area contributed by atoms with Crippen LogP contribution in [0.5, 0.6) is 0 Å². The van der Waals surface area contributed by atoms with Crippen LogP contribution in [0.4, 0.5) is 17.6 Å². The van der Waals surface area contributed by atoms with Gasteiger partial charge in [0.05, 0.1) is 11.3 Å². The SMILES string of the molecule is O=C(CSc1cccc(F)c1)c1ccc(C(F)(F)F)cc1. The maximum Gasteiger partial charge on any atom is 0.416 e. The fourth-order valence-corrected chi connectivity index (χ4v) is 2.47. The van der Waals surface area contributed by atoms with Crippen LogP contribution in [0.3, 0.4) is 0 Å². The van der Waals surface area contributed by atoms with E-state index in [-0.39, 0.29) is 17.1 Å². The Morgan fingerprint density at radius 2 is 1.71 bits per heavy atom. The zero-order valence-corrected chi connectivity index (χ0v) is 11.5. The summed E-state index contributed by atoms with van der Waals surface area (Å²) in [5, 5.41) is 0. The van der Waals surface area contributed by atoms with Crippen LogP contribution in [0.15, 0.2) is 53.4 Å². The predicted octanol–water partition coefficient (Wildman–Crippen LogP) is 4.82. The van der Waals surface area contributed by atoms with Crippen molar-refractivity contribution in [3.8, 4) is 0 Å². The third-order valence-corrected chi connectivity index (χ3v) is 3.69. The lowest BCUT2D eigenvalue weighted by Gasteiger charge is -2.07. The standard InChI is InChI=1S/C15H10F4OS/c16-12-2-1-3-13(8-12)21-9-14(20)10-4-6-11(7-5-10)15(17,18)19/h1-8H,9H2. The number of rotatable bonds is 4. The monoisotopic (exact) mass is 314 g/mol. The van der Waals surface area contributed by atoms with Crippen molar-refractivity contribution in [1.29, 1.82) is 0 Å². The highest BCUT2D eigenvalue weighted by atomic mass is 32.2. The van der Waals surface area contributed by atoms with Gasteiger partial charge in [-0.1, -0.05) is 18.2 Å². The van der Waals surface area contributed by atoms with E-state index in [1.54, 1.807) is 6.07 Å². The Hall–Kier alpha value is -1.82. The van der Waals surface area contributed by atoms with Gasteiger partial charge in [0.25, 0.3) is 0 Å². The number of carbonyl (C=O) groups is 1. The third kappa shape index (κ3) is 4.32. The van der Waals surface area contributed by atoms with Gasteiger partial charge in [-0.15, -0.1) is 11.8 Å². The largest absolute Gasteiger partial charge is 0.416 e. The quantitative estimate of drug-likeness (QED) is 0.457. The van der Waals surface area contributed by atoms with Gasteiger partial charge in [-0.25, -0.2) is 4.39 Å². The van der Waals surface area contributed by atoms with Gasteiger partial charge in [0.15, 0.2) is 5.78 Å². The van der Waals surface area contributed by atoms with Crippen molar-refractivity contribution in [2.75, 3.05) is 5.75 Å². The Kier molecular flexibility index (Phi) is 4.67. The van der Waals surface area contributed by atoms with E-state index in [1.807, 2.05) is 0 Å². The zero-order valence-electron chi connectivity index (χ0n) is 10.7. The summed E-state index contributed by atoms with van der Waals surface area (Å²) in [6, 6.07) is 9.83. The molecule has 2 rings (SSSR count). The van der Waals surface area contributed by atoms with Crippen molar-refractivity contribution in [3.05, 3.63) is 65.5 Å². The van der Waals surface area contributed by atoms with Crippen molar-refractivity contribution in [2.45, 2.75) is 11.1 Å². The van der Waals surface area contributed by atoms with Gasteiger partial charge in [0.1, 0.15) is 5.82 Å². The summed E-state index contributed by atoms with van der Waals surface area (Å²) in [7, 11) is 0. The van der Waals surface area contributed by atoms with E-state index in [0.717, 1.165) is 36.0 Å². The molecule has 0 unspecified atom stereocenters. The Morgan fingerprint density at radius 3 is 2.29 bits per heavy atom. The maximum atomic E-state index is 13.0. The molecule has 0 N–H and O–H groups in total. The lowest BCUT2D eigenvalue weighted by atomic mass is 10.1. The van der Waals surface area contributed by atoms with Crippen molar-refractivity contribution in [3.63, 3.8) is 0 Å². The second-order valence-electron chi connectivity index (χ2n) is 4.24. The molecule has 2 aromatic rings. The number of hydrogen-bond donors (Lipinski definition) is 0. The van der Waals surface area contributed by atoms with Crippen molar-refractivity contribution < 1.29 is 22.4 Å². The molecule has 0 aromatic heterocycles. The molecule has 0 radical (unpaired) electrons. The van der Waals surface area contributed by atoms with Gasteiger partial charge in [0.2, 0.25) is 0 Å². The van der Waals surface area contributed by atoms with E-state index in [2.05, 4.69) is 0 Å². The lowest BCUT2D eigenvalue weighted by molar-refractivity contribution is -0.137. The summed E-state index contributed by atoms with van der Waals surface area (Å²) in [5.74, 6) is -0.672. The molecule has 0 aliphatic heterocycles. The summed E-state index contributed by atoms with van der Waals surface area (Å²) >= 11 is 1.14. The van der Waals surface area contributed by atoms with Gasteiger partial charge < -0.3 is 0 Å². The molecule has 1 nitrogen and oxygen atoms in total. The van der Waals surface area contributed by atoms with Crippen LogP contribution < -0.4 is 0 Å². The van der Waals surface area contributed by atoms with E-state index in [0.29, 0.717) is 4.90 Å². The van der Waals surface area contributed by atoms with E-state index in [1.165, 1.54) is 18.2 Å². The second-order valence-corrected chi connectivity index (χ2v) is 5.29. The van der Waals surface area contributed by atoms with Crippen LogP contribution in [-0.2, 0) is 6.18 Å². The van der Waals surface area contributed by atoms with Crippen LogP contribution in [0.1, 0.15) is 15.9 Å². The molecule has 2 aromatic carbocycles. The highest BCUT2D eigenvalue weighted by Gasteiger charge is 2.30. The van der Waals surface area contributed by atoms with Crippen molar-refractivity contribution in [2.24, 2.45) is 0 Å². The summed E-state index contributed by atoms with van der Waals surface area (Å²) < 4.78 is 50.2. The number of benzene rings is 2. The van der Waals surface area contributed by atoms with E-state index >= 15 is 0 Å². The molecule has 0 saturated carbocycles. The lowest BCUT2D eigenvalue weighted by Crippen LogP contribution is -2.07. The maximum absolute atomic E-state index is 13.0. The Labute approximate surface area is 123 Å². The number of alkyl halides is 3. The molecule has 0 spiro atoms. The normalized spacial score (nSPS) is 11.4. The van der Waals surface area contributed by atoms with Crippen molar-refractivity contribution >= 4 is 17.5 Å². The Bertz CT molecular complexity index is 635. The van der Waals surface area contributed by atoms with Gasteiger partial charge in [-0.05, 0) is 30.3 Å². The van der Waals surface area contributed by atoms with Crippen LogP contribution >= 0.6 is 11.8 Å². The molecule has 0 atom stereocenters. The third-order valence-electron chi connectivity index (χ3n) is 2.70. The summed E-state index contributed by atoms with van der Waals surface area (Å²) in [5.41, 5.74) is -0.594. The van der Waals surface area contributed by atoms with Gasteiger partial charge >= 0.3 is 6.18 Å². The fourth-order valence-electron chi connectivity index (χ4n) is 1.63. The molecular formula is C15H10F4OS. The van der Waals surface area contributed by atoms with Gasteiger partial charge in [-0.3, -0.25) is 4.79 Å². The molecule has 0 bridgehead atoms. The Morgan fingerprint density at radius 1 is 1.05 bits per heavy atom. The van der Waals surface area contributed by atoms with Crippen LogP contribution in [0.25, 0.3) is 0 Å². The number of halogens is 4. The molecule has 0 fully saturated rings. The molecule has 6 heteroatoms. The molecular weight excluding hydrogens is 304 g/mol. The van der Waals surface area contributed by atoms with E-state index < -0.39 is 17.6 Å². The number of thioether (sulfide) groups is 1. The average Bonchev–Trinajstić information content (AvgIpc) is 2.44. The molecule has 0 amide bonds. The molecule has 0 aliphatic rings. The summed E-state index contributed by atoms with van der Waals surface area (Å²) in [4.78, 5) is 12.5. The summed E-state index contributed by atoms with van der Waals surface area (Å²) in [6.45, 7) is 0. The minimum atomic E-state index is -4.42. The first-order valence-corrected chi connectivity index (χ1v) is 6.93. The van der Waals surface area contributed by atoms with Gasteiger partial charge in [-0.2, -0.15) is 13.2 Å². The molecule has 21 heavy (non-hydrogen) atoms. The number of Topliss-reactive ketones (excluding diaryl/α,β-unsaturated/α-hetero) is 1. The first-order chi connectivity index (χ1) is 9.86. The topological polar surface area (TPSA) is 17.1 Å². The minimum absolute atomic E-state index is 0.0365. The first-order valence-electron chi connectivity index (χ1n) is 5.95. The van der Waals surface area contributed by atoms with Crippen LogP contribution in [0, 0.1) is 5.82 Å².